The molecule has 0 aromatic heterocycles. The van der Waals surface area contributed by atoms with E-state index < -0.39 is 14.7 Å². The van der Waals surface area contributed by atoms with Crippen LogP contribution in [0.4, 0.5) is 0 Å². The van der Waals surface area contributed by atoms with E-state index in [2.05, 4.69) is 0 Å². The van der Waals surface area contributed by atoms with E-state index in [-0.39, 0.29) is 11.6 Å². The third-order valence-electron chi connectivity index (χ3n) is 3.47. The summed E-state index contributed by atoms with van der Waals surface area (Å²) in [5.41, 5.74) is 0. The summed E-state index contributed by atoms with van der Waals surface area (Å²) in [6.45, 7) is 2.98. The van der Waals surface area contributed by atoms with Crippen molar-refractivity contribution < 1.29 is 22.9 Å². The summed E-state index contributed by atoms with van der Waals surface area (Å²) in [5, 5.41) is 0. The molecule has 0 N–H and O–H groups in total. The maximum Gasteiger partial charge on any atom is 0.500 e. The Bertz CT molecular complexity index is 298. The van der Waals surface area contributed by atoms with E-state index in [4.69, 9.17) is 13.3 Å². The van der Waals surface area contributed by atoms with Crippen molar-refractivity contribution in [2.75, 3.05) is 32.8 Å². The minimum absolute atomic E-state index is 0.0245. The zero-order valence-corrected chi connectivity index (χ0v) is 15.6. The van der Waals surface area contributed by atoms with Gasteiger partial charge < -0.3 is 13.3 Å². The van der Waals surface area contributed by atoms with E-state index in [9.17, 15) is 9.59 Å². The normalized spacial score (nSPS) is 11.9. The minimum atomic E-state index is -2.44. The van der Waals surface area contributed by atoms with E-state index in [0.29, 0.717) is 6.42 Å². The third kappa shape index (κ3) is 8.11. The first-order chi connectivity index (χ1) is 9.92. The van der Waals surface area contributed by atoms with Gasteiger partial charge in [0.2, 0.25) is 0 Å². The number of carbonyl (C=O) groups is 2. The lowest BCUT2D eigenvalue weighted by Gasteiger charge is -2.24. The average molecular weight is 337 g/mol. The summed E-state index contributed by atoms with van der Waals surface area (Å²) in [6, 6.07) is 0.799. The Morgan fingerprint density at radius 1 is 0.952 bits per heavy atom. The van der Waals surface area contributed by atoms with Gasteiger partial charge in [0.25, 0.3) is 0 Å². The SMILES string of the molecule is CO[Si](CCCSCCCC(C(C)=O)C(C)=O)(OC)OC. The first-order valence-electron chi connectivity index (χ1n) is 7.16. The molecule has 0 unspecified atom stereocenters. The lowest BCUT2D eigenvalue weighted by molar-refractivity contribution is -0.130. The Hall–Kier alpha value is -0.213. The highest BCUT2D eigenvalue weighted by Gasteiger charge is 2.36. The topological polar surface area (TPSA) is 61.8 Å². The van der Waals surface area contributed by atoms with E-state index in [1.807, 2.05) is 11.8 Å². The second kappa shape index (κ2) is 11.4. The van der Waals surface area contributed by atoms with Gasteiger partial charge in [-0.2, -0.15) is 11.8 Å². The first kappa shape index (κ1) is 20.8. The summed E-state index contributed by atoms with van der Waals surface area (Å²) in [4.78, 5) is 22.6. The van der Waals surface area contributed by atoms with Crippen LogP contribution >= 0.6 is 11.8 Å². The molecule has 0 amide bonds. The maximum atomic E-state index is 11.3. The number of hydrogen-bond donors (Lipinski definition) is 0. The predicted molar refractivity (Wildman–Crippen MR) is 87.6 cm³/mol. The fraction of sp³-hybridized carbons (Fsp3) is 0.857. The van der Waals surface area contributed by atoms with Crippen LogP contribution in [0.5, 0.6) is 0 Å². The quantitative estimate of drug-likeness (QED) is 0.293. The zero-order chi connectivity index (χ0) is 16.3. The molecule has 0 atom stereocenters. The second-order valence-electron chi connectivity index (χ2n) is 4.93. The molecule has 0 fully saturated rings. The molecule has 124 valence electrons. The Labute approximate surface area is 133 Å². The lowest BCUT2D eigenvalue weighted by atomic mass is 9.96. The molecule has 21 heavy (non-hydrogen) atoms. The molecule has 0 aromatic rings. The molecule has 0 bridgehead atoms. The van der Waals surface area contributed by atoms with Crippen molar-refractivity contribution in [2.24, 2.45) is 5.92 Å². The van der Waals surface area contributed by atoms with Crippen LogP contribution in [-0.4, -0.2) is 53.2 Å². The number of thioether (sulfide) groups is 1. The summed E-state index contributed by atoms with van der Waals surface area (Å²) in [5.74, 6) is 1.49. The van der Waals surface area contributed by atoms with E-state index in [1.165, 1.54) is 13.8 Å². The molecule has 0 aromatic carbocycles. The predicted octanol–water partition coefficient (Wildman–Crippen LogP) is 2.56. The number of ketones is 2. The van der Waals surface area contributed by atoms with Crippen molar-refractivity contribution >= 4 is 32.1 Å². The van der Waals surface area contributed by atoms with Gasteiger partial charge in [0.15, 0.2) is 0 Å². The molecule has 0 saturated heterocycles. The molecule has 0 saturated carbocycles. The van der Waals surface area contributed by atoms with Gasteiger partial charge in [0, 0.05) is 27.4 Å². The van der Waals surface area contributed by atoms with Crippen molar-refractivity contribution in [3.63, 3.8) is 0 Å². The van der Waals surface area contributed by atoms with Gasteiger partial charge in [-0.25, -0.2) is 0 Å². The van der Waals surface area contributed by atoms with Gasteiger partial charge in [-0.15, -0.1) is 0 Å². The molecule has 5 nitrogen and oxygen atoms in total. The van der Waals surface area contributed by atoms with Gasteiger partial charge in [-0.05, 0) is 44.6 Å². The second-order valence-corrected chi connectivity index (χ2v) is 9.24. The third-order valence-corrected chi connectivity index (χ3v) is 7.45. The number of Topliss-reactive ketones (excluding diaryl/α,β-unsaturated/α-hetero) is 2. The van der Waals surface area contributed by atoms with Gasteiger partial charge >= 0.3 is 8.80 Å². The molecule has 0 radical (unpaired) electrons. The van der Waals surface area contributed by atoms with Gasteiger partial charge in [-0.3, -0.25) is 9.59 Å². The molecule has 7 heteroatoms. The zero-order valence-electron chi connectivity index (χ0n) is 13.8. The average Bonchev–Trinajstić information content (AvgIpc) is 2.45. The first-order valence-corrected chi connectivity index (χ1v) is 10.2. The highest BCUT2D eigenvalue weighted by molar-refractivity contribution is 7.99. The molecule has 0 aliphatic heterocycles. The van der Waals surface area contributed by atoms with Crippen molar-refractivity contribution in [2.45, 2.75) is 39.2 Å². The van der Waals surface area contributed by atoms with Crippen LogP contribution in [0.15, 0.2) is 0 Å². The number of rotatable bonds is 13. The molecule has 0 spiro atoms. The molecule has 0 aliphatic rings. The Balaban J connectivity index is 3.78. The smallest absolute Gasteiger partial charge is 0.377 e. The Morgan fingerprint density at radius 3 is 1.86 bits per heavy atom. The molecule has 0 rings (SSSR count). The molecular weight excluding hydrogens is 308 g/mol. The summed E-state index contributed by atoms with van der Waals surface area (Å²) >= 11 is 1.82. The van der Waals surface area contributed by atoms with Gasteiger partial charge in [0.05, 0.1) is 5.92 Å². The largest absolute Gasteiger partial charge is 0.500 e. The van der Waals surface area contributed by atoms with Crippen LogP contribution in [-0.2, 0) is 22.9 Å². The van der Waals surface area contributed by atoms with Crippen LogP contribution in [0.3, 0.4) is 0 Å². The molecule has 0 heterocycles. The number of carbonyl (C=O) groups excluding carboxylic acids is 2. The van der Waals surface area contributed by atoms with Gasteiger partial charge in [-0.1, -0.05) is 0 Å². The van der Waals surface area contributed by atoms with Crippen molar-refractivity contribution in [3.8, 4) is 0 Å². The highest BCUT2D eigenvalue weighted by atomic mass is 32.2. The van der Waals surface area contributed by atoms with Crippen molar-refractivity contribution in [3.05, 3.63) is 0 Å². The fourth-order valence-corrected chi connectivity index (χ4v) is 5.03. The van der Waals surface area contributed by atoms with Crippen LogP contribution in [0, 0.1) is 5.92 Å². The lowest BCUT2D eigenvalue weighted by Crippen LogP contribution is -2.42. The Kier molecular flexibility index (Phi) is 11.3. The molecule has 0 aliphatic carbocycles. The standard InChI is InChI=1S/C14H28O5SSi/c1-12(15)14(13(2)16)8-6-9-20-10-7-11-21(17-3,18-4)19-5/h14H,6-11H2,1-5H3. The van der Waals surface area contributed by atoms with E-state index in [0.717, 1.165) is 30.4 Å². The summed E-state index contributed by atoms with van der Waals surface area (Å²) in [7, 11) is 2.43. The summed E-state index contributed by atoms with van der Waals surface area (Å²) < 4.78 is 16.1. The van der Waals surface area contributed by atoms with E-state index in [1.54, 1.807) is 21.3 Å². The minimum Gasteiger partial charge on any atom is -0.377 e. The van der Waals surface area contributed by atoms with Crippen molar-refractivity contribution in [1.29, 1.82) is 0 Å². The fourth-order valence-electron chi connectivity index (χ4n) is 2.13. The van der Waals surface area contributed by atoms with Crippen LogP contribution in [0.1, 0.15) is 33.1 Å². The van der Waals surface area contributed by atoms with Gasteiger partial charge in [0.1, 0.15) is 11.6 Å². The van der Waals surface area contributed by atoms with E-state index >= 15 is 0 Å². The summed E-state index contributed by atoms with van der Waals surface area (Å²) in [6.07, 6.45) is 2.51. The maximum absolute atomic E-state index is 11.3. The van der Waals surface area contributed by atoms with Crippen molar-refractivity contribution in [1.82, 2.24) is 0 Å². The number of hydrogen-bond acceptors (Lipinski definition) is 6. The monoisotopic (exact) mass is 336 g/mol. The van der Waals surface area contributed by atoms with Crippen LogP contribution in [0.25, 0.3) is 0 Å². The Morgan fingerprint density at radius 2 is 1.43 bits per heavy atom. The van der Waals surface area contributed by atoms with Crippen LogP contribution in [0.2, 0.25) is 6.04 Å². The molecular formula is C14H28O5SSi. The highest BCUT2D eigenvalue weighted by Crippen LogP contribution is 2.18. The van der Waals surface area contributed by atoms with Crippen LogP contribution < -0.4 is 0 Å².